The Balaban J connectivity index is 1.76. The molecule has 4 nitrogen and oxygen atoms in total. The van der Waals surface area contributed by atoms with Gasteiger partial charge in [-0.15, -0.1) is 11.8 Å². The van der Waals surface area contributed by atoms with E-state index in [1.807, 2.05) is 0 Å². The second-order valence-corrected chi connectivity index (χ2v) is 6.89. The van der Waals surface area contributed by atoms with Gasteiger partial charge < -0.3 is 15.0 Å². The minimum atomic E-state index is -4.41. The smallest absolute Gasteiger partial charge is 0.416 e. The molecule has 1 heterocycles. The lowest BCUT2D eigenvalue weighted by atomic mass is 10.1. The van der Waals surface area contributed by atoms with Crippen LogP contribution >= 0.6 is 11.8 Å². The average Bonchev–Trinajstić information content (AvgIpc) is 3.12. The maximum atomic E-state index is 12.9. The molecule has 8 heteroatoms. The number of carbonyl (C=O) groups excluding carboxylic acids is 1. The van der Waals surface area contributed by atoms with E-state index in [1.165, 1.54) is 17.8 Å². The minimum Gasteiger partial charge on any atom is -0.497 e. The fourth-order valence-electron chi connectivity index (χ4n) is 2.69. The van der Waals surface area contributed by atoms with E-state index < -0.39 is 17.1 Å². The van der Waals surface area contributed by atoms with Crippen molar-refractivity contribution in [1.29, 1.82) is 0 Å². The van der Waals surface area contributed by atoms with Crippen LogP contribution < -0.4 is 10.1 Å². The van der Waals surface area contributed by atoms with Gasteiger partial charge in [0.05, 0.1) is 12.7 Å². The van der Waals surface area contributed by atoms with E-state index in [2.05, 4.69) is 5.32 Å². The van der Waals surface area contributed by atoms with Gasteiger partial charge >= 0.3 is 12.2 Å². The van der Waals surface area contributed by atoms with Gasteiger partial charge in [-0.25, -0.2) is 4.79 Å². The van der Waals surface area contributed by atoms with Gasteiger partial charge in [0.1, 0.15) is 11.1 Å². The van der Waals surface area contributed by atoms with Crippen molar-refractivity contribution in [3.63, 3.8) is 0 Å². The van der Waals surface area contributed by atoms with E-state index in [9.17, 15) is 18.0 Å². The molecule has 1 N–H and O–H groups in total. The Kier molecular flexibility index (Phi) is 5.31. The number of hydrogen-bond donors (Lipinski definition) is 1. The number of nitrogens with one attached hydrogen (secondary N) is 1. The number of anilines is 1. The number of carbonyl (C=O) groups is 1. The number of halogens is 3. The van der Waals surface area contributed by atoms with Crippen molar-refractivity contribution < 1.29 is 22.7 Å². The summed E-state index contributed by atoms with van der Waals surface area (Å²) in [5.74, 6) is 1.33. The number of alkyl halides is 3. The fourth-order valence-corrected chi connectivity index (χ4v) is 3.94. The molecule has 0 radical (unpaired) electrons. The Morgan fingerprint density at radius 3 is 2.62 bits per heavy atom. The second kappa shape index (κ2) is 7.49. The van der Waals surface area contributed by atoms with Crippen LogP contribution in [-0.2, 0) is 6.18 Å². The van der Waals surface area contributed by atoms with E-state index in [4.69, 9.17) is 4.74 Å². The third-order valence-electron chi connectivity index (χ3n) is 3.99. The molecule has 0 aromatic heterocycles. The first-order valence-corrected chi connectivity index (χ1v) is 8.94. The summed E-state index contributed by atoms with van der Waals surface area (Å²) in [5, 5.41) is 2.33. The summed E-state index contributed by atoms with van der Waals surface area (Å²) in [4.78, 5) is 14.1. The molecule has 0 spiro atoms. The van der Waals surface area contributed by atoms with Crippen LogP contribution in [0.1, 0.15) is 16.5 Å². The van der Waals surface area contributed by atoms with E-state index in [0.717, 1.165) is 12.1 Å². The van der Waals surface area contributed by atoms with Gasteiger partial charge in [0.25, 0.3) is 0 Å². The van der Waals surface area contributed by atoms with Crippen LogP contribution in [0.2, 0.25) is 0 Å². The van der Waals surface area contributed by atoms with Crippen molar-refractivity contribution in [1.82, 2.24) is 4.90 Å². The third kappa shape index (κ3) is 4.07. The van der Waals surface area contributed by atoms with Crippen molar-refractivity contribution in [2.45, 2.75) is 11.6 Å². The number of methoxy groups -OCH3 is 1. The molecule has 1 aliphatic heterocycles. The van der Waals surface area contributed by atoms with Gasteiger partial charge in [0.2, 0.25) is 0 Å². The zero-order valence-electron chi connectivity index (χ0n) is 13.9. The second-order valence-electron chi connectivity index (χ2n) is 5.70. The molecule has 1 fully saturated rings. The Labute approximate surface area is 153 Å². The number of benzene rings is 2. The van der Waals surface area contributed by atoms with Crippen molar-refractivity contribution in [3.8, 4) is 5.75 Å². The van der Waals surface area contributed by atoms with Gasteiger partial charge in [-0.2, -0.15) is 13.2 Å². The number of rotatable bonds is 3. The lowest BCUT2D eigenvalue weighted by Gasteiger charge is -2.25. The normalized spacial score (nSPS) is 17.2. The van der Waals surface area contributed by atoms with E-state index in [0.29, 0.717) is 29.3 Å². The zero-order chi connectivity index (χ0) is 18.7. The SMILES string of the molecule is COc1ccc(NC(=O)N2CCS[C@@H]2c2cccc(C(F)(F)F)c2)cc1. The molecule has 1 atom stereocenters. The highest BCUT2D eigenvalue weighted by atomic mass is 32.2. The summed E-state index contributed by atoms with van der Waals surface area (Å²) >= 11 is 1.45. The van der Waals surface area contributed by atoms with Gasteiger partial charge in [0, 0.05) is 18.0 Å². The number of ether oxygens (including phenoxy) is 1. The van der Waals surface area contributed by atoms with Crippen LogP contribution in [0.15, 0.2) is 48.5 Å². The first-order valence-electron chi connectivity index (χ1n) is 7.89. The first-order chi connectivity index (χ1) is 12.4. The molecular weight excluding hydrogens is 365 g/mol. The molecule has 1 saturated heterocycles. The Morgan fingerprint density at radius 2 is 1.96 bits per heavy atom. The predicted molar refractivity (Wildman–Crippen MR) is 95.4 cm³/mol. The minimum absolute atomic E-state index is 0.345. The quantitative estimate of drug-likeness (QED) is 0.813. The maximum absolute atomic E-state index is 12.9. The van der Waals surface area contributed by atoms with Gasteiger partial charge in [-0.05, 0) is 42.0 Å². The van der Waals surface area contributed by atoms with Gasteiger partial charge in [-0.1, -0.05) is 12.1 Å². The van der Waals surface area contributed by atoms with Crippen LogP contribution in [0.4, 0.5) is 23.7 Å². The van der Waals surface area contributed by atoms with Gasteiger partial charge in [0.15, 0.2) is 0 Å². The summed E-state index contributed by atoms with van der Waals surface area (Å²) in [6.45, 7) is 0.466. The fraction of sp³-hybridized carbons (Fsp3) is 0.278. The molecular formula is C18H17F3N2O2S. The molecule has 2 amide bonds. The van der Waals surface area contributed by atoms with Crippen molar-refractivity contribution in [3.05, 3.63) is 59.7 Å². The number of hydrogen-bond acceptors (Lipinski definition) is 3. The zero-order valence-corrected chi connectivity index (χ0v) is 14.7. The van der Waals surface area contributed by atoms with Crippen LogP contribution in [-0.4, -0.2) is 30.3 Å². The third-order valence-corrected chi connectivity index (χ3v) is 5.25. The molecule has 0 saturated carbocycles. The maximum Gasteiger partial charge on any atom is 0.416 e. The molecule has 3 rings (SSSR count). The number of amides is 2. The Hall–Kier alpha value is -2.35. The van der Waals surface area contributed by atoms with Crippen LogP contribution in [0.25, 0.3) is 0 Å². The topological polar surface area (TPSA) is 41.6 Å². The largest absolute Gasteiger partial charge is 0.497 e. The molecule has 138 valence electrons. The number of urea groups is 1. The molecule has 26 heavy (non-hydrogen) atoms. The van der Waals surface area contributed by atoms with E-state index >= 15 is 0 Å². The highest BCUT2D eigenvalue weighted by Crippen LogP contribution is 2.40. The molecule has 0 unspecified atom stereocenters. The predicted octanol–water partition coefficient (Wildman–Crippen LogP) is 4.99. The molecule has 0 bridgehead atoms. The standard InChI is InChI=1S/C18H17F3N2O2S/c1-25-15-7-5-14(6-8-15)22-17(24)23-9-10-26-16(23)12-3-2-4-13(11-12)18(19,20)21/h2-8,11,16H,9-10H2,1H3,(H,22,24)/t16-/m1/s1. The average molecular weight is 382 g/mol. The number of nitrogens with zero attached hydrogens (tertiary/aromatic N) is 1. The summed E-state index contributed by atoms with van der Waals surface area (Å²) < 4.78 is 43.9. The Bertz CT molecular complexity index is 781. The van der Waals surface area contributed by atoms with Gasteiger partial charge in [-0.3, -0.25) is 0 Å². The summed E-state index contributed by atoms with van der Waals surface area (Å²) in [5.41, 5.74) is 0.348. The van der Waals surface area contributed by atoms with Crippen molar-refractivity contribution >= 4 is 23.5 Å². The monoisotopic (exact) mass is 382 g/mol. The molecule has 0 aliphatic carbocycles. The lowest BCUT2D eigenvalue weighted by molar-refractivity contribution is -0.137. The van der Waals surface area contributed by atoms with Crippen LogP contribution in [0.5, 0.6) is 5.75 Å². The van der Waals surface area contributed by atoms with E-state index in [1.54, 1.807) is 42.3 Å². The van der Waals surface area contributed by atoms with Crippen LogP contribution in [0, 0.1) is 0 Å². The van der Waals surface area contributed by atoms with Crippen LogP contribution in [0.3, 0.4) is 0 Å². The highest BCUT2D eigenvalue weighted by Gasteiger charge is 2.34. The highest BCUT2D eigenvalue weighted by molar-refractivity contribution is 7.99. The summed E-state index contributed by atoms with van der Waals surface area (Å²) in [6.07, 6.45) is -4.41. The van der Waals surface area contributed by atoms with E-state index in [-0.39, 0.29) is 6.03 Å². The van der Waals surface area contributed by atoms with Crippen molar-refractivity contribution in [2.75, 3.05) is 24.7 Å². The molecule has 2 aromatic carbocycles. The molecule has 1 aliphatic rings. The number of thioether (sulfide) groups is 1. The lowest BCUT2D eigenvalue weighted by Crippen LogP contribution is -2.34. The molecule has 2 aromatic rings. The van der Waals surface area contributed by atoms with Crippen molar-refractivity contribution in [2.24, 2.45) is 0 Å². The summed E-state index contributed by atoms with van der Waals surface area (Å²) in [7, 11) is 1.55. The summed E-state index contributed by atoms with van der Waals surface area (Å²) in [6, 6.07) is 11.6. The first kappa shape index (κ1) is 18.4. The Morgan fingerprint density at radius 1 is 1.23 bits per heavy atom.